The summed E-state index contributed by atoms with van der Waals surface area (Å²) in [6, 6.07) is 8.39. The van der Waals surface area contributed by atoms with E-state index in [1.54, 1.807) is 0 Å². The molecule has 0 N–H and O–H groups in total. The fourth-order valence-electron chi connectivity index (χ4n) is 4.09. The molecule has 1 nitrogen and oxygen atoms in total. The molecule has 0 heterocycles. The number of carbonyl (C=O) groups excluding carboxylic acids is 1. The monoisotopic (exact) mass is 290 g/mol. The Balaban J connectivity index is 1.54. The smallest absolute Gasteiger partial charge is 0.132 e. The molecule has 0 atom stereocenters. The molecule has 3 rings (SSSR count). The van der Waals surface area contributed by atoms with Crippen molar-refractivity contribution < 1.29 is 4.79 Å². The van der Waals surface area contributed by atoms with Crippen LogP contribution in [0.3, 0.4) is 0 Å². The molecule has 0 saturated heterocycles. The normalized spacial score (nSPS) is 28.6. The quantitative estimate of drug-likeness (QED) is 0.715. The van der Waals surface area contributed by atoms with Gasteiger partial charge in [-0.25, -0.2) is 0 Å². The maximum absolute atomic E-state index is 11.3. The van der Waals surface area contributed by atoms with Gasteiger partial charge < -0.3 is 0 Å². The van der Waals surface area contributed by atoms with Crippen molar-refractivity contribution in [1.29, 1.82) is 0 Å². The number of hydrogen-bond donors (Lipinski definition) is 0. The molecule has 0 radical (unpaired) electrons. The fraction of sp³-hybridized carbons (Fsp3) is 0.611. The van der Waals surface area contributed by atoms with Crippen LogP contribution in [0.4, 0.5) is 0 Å². The molecule has 2 fully saturated rings. The highest BCUT2D eigenvalue weighted by Gasteiger charge is 2.30. The first kappa shape index (κ1) is 14.1. The minimum atomic E-state index is 0.483. The lowest BCUT2D eigenvalue weighted by Crippen LogP contribution is -2.25. The standard InChI is InChI=1S/C18H23ClO/c19-17-9-5-15(6-10-17)13-1-3-14(4-2-13)16-7-11-18(20)12-8-16/h5-6,9-10,13-14,16H,1-4,7-8,11-12H2. The highest BCUT2D eigenvalue weighted by molar-refractivity contribution is 6.30. The molecule has 2 heteroatoms. The summed E-state index contributed by atoms with van der Waals surface area (Å²) in [6.07, 6.45) is 9.25. The van der Waals surface area contributed by atoms with Crippen LogP contribution in [0.15, 0.2) is 24.3 Å². The maximum Gasteiger partial charge on any atom is 0.132 e. The largest absolute Gasteiger partial charge is 0.300 e. The van der Waals surface area contributed by atoms with Gasteiger partial charge in [0.1, 0.15) is 5.78 Å². The highest BCUT2D eigenvalue weighted by Crippen LogP contribution is 2.42. The number of halogens is 1. The van der Waals surface area contributed by atoms with E-state index >= 15 is 0 Å². The van der Waals surface area contributed by atoms with Gasteiger partial charge in [-0.1, -0.05) is 23.7 Å². The Labute approximate surface area is 126 Å². The van der Waals surface area contributed by atoms with E-state index in [9.17, 15) is 4.79 Å². The van der Waals surface area contributed by atoms with E-state index in [1.807, 2.05) is 12.1 Å². The van der Waals surface area contributed by atoms with Gasteiger partial charge in [0, 0.05) is 17.9 Å². The Morgan fingerprint density at radius 3 is 1.95 bits per heavy atom. The SMILES string of the molecule is O=C1CCC(C2CCC(c3ccc(Cl)cc3)CC2)CC1. The molecule has 0 amide bonds. The van der Waals surface area contributed by atoms with Crippen molar-refractivity contribution in [3.05, 3.63) is 34.9 Å². The van der Waals surface area contributed by atoms with Crippen molar-refractivity contribution in [2.24, 2.45) is 11.8 Å². The highest BCUT2D eigenvalue weighted by atomic mass is 35.5. The molecular weight excluding hydrogens is 268 g/mol. The first-order valence-electron chi connectivity index (χ1n) is 7.99. The van der Waals surface area contributed by atoms with Gasteiger partial charge in [-0.05, 0) is 74.0 Å². The van der Waals surface area contributed by atoms with E-state index < -0.39 is 0 Å². The van der Waals surface area contributed by atoms with Crippen LogP contribution in [0.25, 0.3) is 0 Å². The van der Waals surface area contributed by atoms with Gasteiger partial charge in [0.25, 0.3) is 0 Å². The Bertz CT molecular complexity index is 447. The number of ketones is 1. The lowest BCUT2D eigenvalue weighted by atomic mass is 9.70. The van der Waals surface area contributed by atoms with Gasteiger partial charge in [0.05, 0.1) is 0 Å². The average Bonchev–Trinajstić information content (AvgIpc) is 2.49. The molecule has 2 aliphatic carbocycles. The van der Waals surface area contributed by atoms with Gasteiger partial charge in [0.2, 0.25) is 0 Å². The zero-order valence-corrected chi connectivity index (χ0v) is 12.7. The van der Waals surface area contributed by atoms with E-state index in [1.165, 1.54) is 31.2 Å². The van der Waals surface area contributed by atoms with Crippen LogP contribution < -0.4 is 0 Å². The van der Waals surface area contributed by atoms with Crippen LogP contribution in [0, 0.1) is 11.8 Å². The molecule has 20 heavy (non-hydrogen) atoms. The van der Waals surface area contributed by atoms with Crippen LogP contribution in [-0.4, -0.2) is 5.78 Å². The number of hydrogen-bond acceptors (Lipinski definition) is 1. The Morgan fingerprint density at radius 1 is 0.800 bits per heavy atom. The van der Waals surface area contributed by atoms with E-state index in [2.05, 4.69) is 12.1 Å². The molecule has 2 aliphatic rings. The summed E-state index contributed by atoms with van der Waals surface area (Å²) in [4.78, 5) is 11.3. The number of carbonyl (C=O) groups is 1. The number of benzene rings is 1. The Kier molecular flexibility index (Phi) is 4.45. The summed E-state index contributed by atoms with van der Waals surface area (Å²) in [5.41, 5.74) is 1.45. The van der Waals surface area contributed by atoms with Gasteiger partial charge in [-0.2, -0.15) is 0 Å². The summed E-state index contributed by atoms with van der Waals surface area (Å²) in [7, 11) is 0. The molecule has 2 saturated carbocycles. The summed E-state index contributed by atoms with van der Waals surface area (Å²) in [5.74, 6) is 2.88. The molecule has 1 aromatic carbocycles. The van der Waals surface area contributed by atoms with E-state index in [0.717, 1.165) is 42.5 Å². The third kappa shape index (κ3) is 3.25. The van der Waals surface area contributed by atoms with Crippen molar-refractivity contribution in [3.63, 3.8) is 0 Å². The average molecular weight is 291 g/mol. The van der Waals surface area contributed by atoms with E-state index in [4.69, 9.17) is 11.6 Å². The summed E-state index contributed by atoms with van der Waals surface area (Å²) in [6.45, 7) is 0. The Hall–Kier alpha value is -0.820. The molecule has 0 bridgehead atoms. The molecule has 1 aromatic rings. The van der Waals surface area contributed by atoms with Crippen molar-refractivity contribution in [1.82, 2.24) is 0 Å². The summed E-state index contributed by atoms with van der Waals surface area (Å²) in [5, 5.41) is 0.828. The molecule has 0 aliphatic heterocycles. The van der Waals surface area contributed by atoms with Crippen LogP contribution in [0.1, 0.15) is 62.8 Å². The Morgan fingerprint density at radius 2 is 1.35 bits per heavy atom. The third-order valence-electron chi connectivity index (χ3n) is 5.37. The second-order valence-electron chi connectivity index (χ2n) is 6.54. The predicted molar refractivity (Wildman–Crippen MR) is 83.1 cm³/mol. The zero-order chi connectivity index (χ0) is 13.9. The number of rotatable bonds is 2. The van der Waals surface area contributed by atoms with Gasteiger partial charge in [0.15, 0.2) is 0 Å². The lowest BCUT2D eigenvalue weighted by molar-refractivity contribution is -0.121. The van der Waals surface area contributed by atoms with Crippen LogP contribution in [0.2, 0.25) is 5.02 Å². The molecular formula is C18H23ClO. The van der Waals surface area contributed by atoms with Gasteiger partial charge in [-0.3, -0.25) is 4.79 Å². The zero-order valence-electron chi connectivity index (χ0n) is 12.0. The molecule has 0 unspecified atom stereocenters. The molecule has 0 aromatic heterocycles. The van der Waals surface area contributed by atoms with Crippen LogP contribution in [0.5, 0.6) is 0 Å². The minimum Gasteiger partial charge on any atom is -0.300 e. The van der Waals surface area contributed by atoms with Crippen LogP contribution in [-0.2, 0) is 4.79 Å². The van der Waals surface area contributed by atoms with E-state index in [0.29, 0.717) is 11.7 Å². The fourth-order valence-corrected chi connectivity index (χ4v) is 4.22. The minimum absolute atomic E-state index is 0.483. The predicted octanol–water partition coefficient (Wildman–Crippen LogP) is 5.37. The van der Waals surface area contributed by atoms with Crippen molar-refractivity contribution in [2.45, 2.75) is 57.3 Å². The summed E-state index contributed by atoms with van der Waals surface area (Å²) < 4.78 is 0. The molecule has 0 spiro atoms. The van der Waals surface area contributed by atoms with Crippen molar-refractivity contribution >= 4 is 17.4 Å². The summed E-state index contributed by atoms with van der Waals surface area (Å²) >= 11 is 5.96. The first-order chi connectivity index (χ1) is 9.72. The third-order valence-corrected chi connectivity index (χ3v) is 5.62. The second-order valence-corrected chi connectivity index (χ2v) is 6.98. The van der Waals surface area contributed by atoms with E-state index in [-0.39, 0.29) is 0 Å². The second kappa shape index (κ2) is 6.30. The number of Topliss-reactive ketones (excluding diaryl/α,β-unsaturated/α-hetero) is 1. The van der Waals surface area contributed by atoms with Crippen LogP contribution >= 0.6 is 11.6 Å². The van der Waals surface area contributed by atoms with Crippen molar-refractivity contribution in [3.8, 4) is 0 Å². The maximum atomic E-state index is 11.3. The van der Waals surface area contributed by atoms with Crippen molar-refractivity contribution in [2.75, 3.05) is 0 Å². The first-order valence-corrected chi connectivity index (χ1v) is 8.37. The lowest BCUT2D eigenvalue weighted by Gasteiger charge is -2.35. The van der Waals surface area contributed by atoms with Gasteiger partial charge in [-0.15, -0.1) is 0 Å². The van der Waals surface area contributed by atoms with Gasteiger partial charge >= 0.3 is 0 Å². The topological polar surface area (TPSA) is 17.1 Å². The molecule has 108 valence electrons.